The summed E-state index contributed by atoms with van der Waals surface area (Å²) in [5.74, 6) is 0.426. The summed E-state index contributed by atoms with van der Waals surface area (Å²) in [6.45, 7) is 0.0372. The Hall–Kier alpha value is -1.98. The summed E-state index contributed by atoms with van der Waals surface area (Å²) >= 11 is 18.1. The molecule has 26 heavy (non-hydrogen) atoms. The molecule has 134 valence electrons. The maximum absolute atomic E-state index is 12.4. The molecule has 1 aromatic heterocycles. The number of hydrogen-bond donors (Lipinski definition) is 2. The minimum atomic E-state index is -0.288. The zero-order chi connectivity index (χ0) is 18.5. The minimum absolute atomic E-state index is 0.0372. The maximum Gasteiger partial charge on any atom is 0.238 e. The summed E-state index contributed by atoms with van der Waals surface area (Å²) in [6.07, 6.45) is 1.60. The minimum Gasteiger partial charge on any atom is -0.467 e. The second-order valence-corrected chi connectivity index (χ2v) is 6.78. The average molecular weight is 410 g/mol. The maximum atomic E-state index is 12.4. The molecule has 0 radical (unpaired) electrons. The van der Waals surface area contributed by atoms with E-state index in [0.29, 0.717) is 16.5 Å². The topological polar surface area (TPSA) is 54.3 Å². The number of carbonyl (C=O) groups is 1. The summed E-state index contributed by atoms with van der Waals surface area (Å²) in [5.41, 5.74) is 1.32. The lowest BCUT2D eigenvalue weighted by Crippen LogP contribution is -2.31. The van der Waals surface area contributed by atoms with E-state index in [9.17, 15) is 4.79 Å². The Morgan fingerprint density at radius 3 is 2.31 bits per heavy atom. The molecular weight excluding hydrogens is 395 g/mol. The van der Waals surface area contributed by atoms with Crippen molar-refractivity contribution in [2.75, 3.05) is 11.9 Å². The number of halogens is 3. The normalized spacial score (nSPS) is 12.0. The van der Waals surface area contributed by atoms with E-state index >= 15 is 0 Å². The van der Waals surface area contributed by atoms with Gasteiger partial charge in [0, 0.05) is 5.02 Å². The third-order valence-corrected chi connectivity index (χ3v) is 4.51. The first-order chi connectivity index (χ1) is 12.5. The van der Waals surface area contributed by atoms with Gasteiger partial charge in [-0.25, -0.2) is 0 Å². The zero-order valence-corrected chi connectivity index (χ0v) is 15.8. The van der Waals surface area contributed by atoms with Crippen LogP contribution in [0.25, 0.3) is 0 Å². The van der Waals surface area contributed by atoms with Gasteiger partial charge in [-0.2, -0.15) is 0 Å². The molecular formula is C19H15Cl3N2O2. The van der Waals surface area contributed by atoms with Crippen LogP contribution < -0.4 is 10.6 Å². The molecule has 0 aliphatic rings. The number of amides is 1. The first-order valence-electron chi connectivity index (χ1n) is 7.80. The lowest BCUT2D eigenvalue weighted by atomic mass is 10.0. The first kappa shape index (κ1) is 18.8. The molecule has 0 unspecified atom stereocenters. The van der Waals surface area contributed by atoms with E-state index in [1.165, 1.54) is 12.1 Å². The van der Waals surface area contributed by atoms with E-state index in [-0.39, 0.29) is 28.5 Å². The molecule has 0 bridgehead atoms. The fourth-order valence-electron chi connectivity index (χ4n) is 2.52. The highest BCUT2D eigenvalue weighted by molar-refractivity contribution is 6.42. The van der Waals surface area contributed by atoms with Gasteiger partial charge in [-0.15, -0.1) is 0 Å². The molecule has 0 saturated heterocycles. The Bertz CT molecular complexity index is 860. The van der Waals surface area contributed by atoms with Gasteiger partial charge in [0.05, 0.1) is 34.6 Å². The number of nitrogens with one attached hydrogen (secondary N) is 2. The second-order valence-electron chi connectivity index (χ2n) is 5.53. The largest absolute Gasteiger partial charge is 0.467 e. The van der Waals surface area contributed by atoms with E-state index in [1.54, 1.807) is 12.3 Å². The average Bonchev–Trinajstić information content (AvgIpc) is 3.13. The van der Waals surface area contributed by atoms with Crippen LogP contribution >= 0.6 is 34.8 Å². The molecule has 1 heterocycles. The fraction of sp³-hybridized carbons (Fsp3) is 0.105. The molecule has 0 saturated carbocycles. The zero-order valence-electron chi connectivity index (χ0n) is 13.5. The number of rotatable bonds is 6. The van der Waals surface area contributed by atoms with Gasteiger partial charge in [0.25, 0.3) is 0 Å². The predicted molar refractivity (Wildman–Crippen MR) is 105 cm³/mol. The lowest BCUT2D eigenvalue weighted by Gasteiger charge is -2.17. The van der Waals surface area contributed by atoms with Gasteiger partial charge >= 0.3 is 0 Å². The summed E-state index contributed by atoms with van der Waals surface area (Å²) in [5, 5.41) is 6.85. The van der Waals surface area contributed by atoms with Crippen molar-refractivity contribution >= 4 is 46.4 Å². The van der Waals surface area contributed by atoms with E-state index < -0.39 is 0 Å². The van der Waals surface area contributed by atoms with Crippen molar-refractivity contribution in [2.45, 2.75) is 6.04 Å². The van der Waals surface area contributed by atoms with Gasteiger partial charge in [-0.1, -0.05) is 65.1 Å². The van der Waals surface area contributed by atoms with Crippen LogP contribution in [0.3, 0.4) is 0 Å². The number of furan rings is 1. The molecule has 3 rings (SSSR count). The predicted octanol–water partition coefficient (Wildman–Crippen LogP) is 5.56. The van der Waals surface area contributed by atoms with Crippen molar-refractivity contribution in [3.63, 3.8) is 0 Å². The lowest BCUT2D eigenvalue weighted by molar-refractivity contribution is -0.115. The molecule has 4 nitrogen and oxygen atoms in total. The molecule has 7 heteroatoms. The van der Waals surface area contributed by atoms with Crippen LogP contribution in [-0.2, 0) is 4.79 Å². The Kier molecular flexibility index (Phi) is 6.22. The monoisotopic (exact) mass is 408 g/mol. The Balaban J connectivity index is 1.71. The number of anilines is 1. The van der Waals surface area contributed by atoms with Gasteiger partial charge < -0.3 is 9.73 Å². The Morgan fingerprint density at radius 1 is 1.00 bits per heavy atom. The molecule has 1 atom stereocenters. The second kappa shape index (κ2) is 8.60. The summed E-state index contributed by atoms with van der Waals surface area (Å²) in [6, 6.07) is 16.2. The molecule has 2 aromatic carbocycles. The standard InChI is InChI=1S/C19H15Cl3N2O2/c20-13-9-14(21)19(15(22)10-13)24-17(25)11-23-18(16-7-4-8-26-16)12-5-2-1-3-6-12/h1-10,18,23H,11H2,(H,24,25)/t18-/m0/s1. The van der Waals surface area contributed by atoms with Crippen LogP contribution in [0.2, 0.25) is 15.1 Å². The van der Waals surface area contributed by atoms with Crippen molar-refractivity contribution in [3.05, 3.63) is 87.3 Å². The molecule has 3 aromatic rings. The van der Waals surface area contributed by atoms with E-state index in [1.807, 2.05) is 36.4 Å². The van der Waals surface area contributed by atoms with Gasteiger partial charge in [-0.05, 0) is 29.8 Å². The smallest absolute Gasteiger partial charge is 0.238 e. The SMILES string of the molecule is O=C(CN[C@@H](c1ccccc1)c1ccco1)Nc1c(Cl)cc(Cl)cc1Cl. The van der Waals surface area contributed by atoms with E-state index in [0.717, 1.165) is 5.56 Å². The van der Waals surface area contributed by atoms with Gasteiger partial charge in [0.2, 0.25) is 5.91 Å². The number of hydrogen-bond acceptors (Lipinski definition) is 3. The van der Waals surface area contributed by atoms with Crippen LogP contribution in [0.4, 0.5) is 5.69 Å². The van der Waals surface area contributed by atoms with E-state index in [4.69, 9.17) is 39.2 Å². The highest BCUT2D eigenvalue weighted by atomic mass is 35.5. The Labute approximate surface area is 166 Å². The van der Waals surface area contributed by atoms with Crippen LogP contribution in [0, 0.1) is 0 Å². The summed E-state index contributed by atoms with van der Waals surface area (Å²) in [4.78, 5) is 12.4. The van der Waals surface area contributed by atoms with Gasteiger partial charge in [0.1, 0.15) is 5.76 Å². The number of carbonyl (C=O) groups excluding carboxylic acids is 1. The molecule has 1 amide bonds. The third kappa shape index (κ3) is 4.59. The van der Waals surface area contributed by atoms with Crippen LogP contribution in [0.1, 0.15) is 17.4 Å². The van der Waals surface area contributed by atoms with Crippen molar-refractivity contribution < 1.29 is 9.21 Å². The summed E-state index contributed by atoms with van der Waals surface area (Å²) in [7, 11) is 0. The van der Waals surface area contributed by atoms with Gasteiger partial charge in [-0.3, -0.25) is 10.1 Å². The van der Waals surface area contributed by atoms with Crippen LogP contribution in [0.5, 0.6) is 0 Å². The van der Waals surface area contributed by atoms with Crippen molar-refractivity contribution in [3.8, 4) is 0 Å². The quantitative estimate of drug-likeness (QED) is 0.560. The molecule has 0 aliphatic heterocycles. The highest BCUT2D eigenvalue weighted by Crippen LogP contribution is 2.33. The van der Waals surface area contributed by atoms with E-state index in [2.05, 4.69) is 10.6 Å². The van der Waals surface area contributed by atoms with Gasteiger partial charge in [0.15, 0.2) is 0 Å². The van der Waals surface area contributed by atoms with Crippen LogP contribution in [0.15, 0.2) is 65.3 Å². The van der Waals surface area contributed by atoms with Crippen molar-refractivity contribution in [1.29, 1.82) is 0 Å². The molecule has 2 N–H and O–H groups in total. The van der Waals surface area contributed by atoms with Crippen LogP contribution in [-0.4, -0.2) is 12.5 Å². The highest BCUT2D eigenvalue weighted by Gasteiger charge is 2.18. The first-order valence-corrected chi connectivity index (χ1v) is 8.94. The van der Waals surface area contributed by atoms with Crippen molar-refractivity contribution in [1.82, 2.24) is 5.32 Å². The number of benzene rings is 2. The summed E-state index contributed by atoms with van der Waals surface area (Å²) < 4.78 is 5.50. The third-order valence-electron chi connectivity index (χ3n) is 3.70. The van der Waals surface area contributed by atoms with Crippen molar-refractivity contribution in [2.24, 2.45) is 0 Å². The Morgan fingerprint density at radius 2 is 1.69 bits per heavy atom. The molecule has 0 aliphatic carbocycles. The fourth-order valence-corrected chi connectivity index (χ4v) is 3.44. The molecule has 0 fully saturated rings. The molecule has 0 spiro atoms.